The van der Waals surface area contributed by atoms with Crippen LogP contribution in [0.4, 0.5) is 0 Å². The van der Waals surface area contributed by atoms with Crippen LogP contribution in [0.3, 0.4) is 0 Å². The molecule has 3 nitrogen and oxygen atoms in total. The summed E-state index contributed by atoms with van der Waals surface area (Å²) in [7, 11) is 0. The number of benzene rings is 3. The third-order valence-corrected chi connectivity index (χ3v) is 6.78. The van der Waals surface area contributed by atoms with Gasteiger partial charge < -0.3 is 9.47 Å². The van der Waals surface area contributed by atoms with Crippen LogP contribution in [-0.2, 0) is 24.3 Å². The van der Waals surface area contributed by atoms with E-state index < -0.39 is 0 Å². The third-order valence-electron chi connectivity index (χ3n) is 6.78. The number of fused-ring (bicyclic) bond motifs is 1. The van der Waals surface area contributed by atoms with Crippen molar-refractivity contribution in [2.75, 3.05) is 6.54 Å². The predicted octanol–water partition coefficient (Wildman–Crippen LogP) is 6.10. The van der Waals surface area contributed by atoms with E-state index in [0.29, 0.717) is 13.0 Å². The fourth-order valence-electron chi connectivity index (χ4n) is 5.26. The molecule has 0 bridgehead atoms. The molecule has 0 radical (unpaired) electrons. The monoisotopic (exact) mass is 422 g/mol. The van der Waals surface area contributed by atoms with Crippen LogP contribution >= 0.6 is 0 Å². The normalized spacial score (nSPS) is 16.2. The van der Waals surface area contributed by atoms with Crippen molar-refractivity contribution in [2.45, 2.75) is 45.2 Å². The van der Waals surface area contributed by atoms with Gasteiger partial charge in [-0.2, -0.15) is 0 Å². The molecule has 1 saturated heterocycles. The van der Waals surface area contributed by atoms with Crippen LogP contribution in [0.5, 0.6) is 0 Å². The van der Waals surface area contributed by atoms with Gasteiger partial charge in [-0.25, -0.2) is 0 Å². The summed E-state index contributed by atoms with van der Waals surface area (Å²) < 4.78 is 2.50. The van der Waals surface area contributed by atoms with Gasteiger partial charge in [0.25, 0.3) is 0 Å². The maximum atomic E-state index is 12.9. The average molecular weight is 423 g/mol. The largest absolute Gasteiger partial charge is 0.344 e. The molecular weight excluding hydrogens is 392 g/mol. The fourth-order valence-corrected chi connectivity index (χ4v) is 5.26. The van der Waals surface area contributed by atoms with Crippen molar-refractivity contribution >= 4 is 16.8 Å². The molecule has 3 heteroatoms. The standard InChI is InChI=1S/C29H30N2O/c1-22-26-16-8-9-17-27(26)31(18-10-15-23-11-4-2-5-12-23)29(22)25-19-28(32)30(21-25)20-24-13-6-3-7-14-24/h2-9,11-14,16-17,25H,10,15,18-21H2,1H3. The number of hydrogen-bond acceptors (Lipinski definition) is 1. The first-order chi connectivity index (χ1) is 15.7. The van der Waals surface area contributed by atoms with E-state index in [2.05, 4.69) is 78.2 Å². The van der Waals surface area contributed by atoms with Crippen molar-refractivity contribution < 1.29 is 4.79 Å². The number of carbonyl (C=O) groups is 1. The van der Waals surface area contributed by atoms with Crippen LogP contribution in [0.15, 0.2) is 84.9 Å². The summed E-state index contributed by atoms with van der Waals surface area (Å²) in [6.45, 7) is 4.70. The van der Waals surface area contributed by atoms with E-state index in [1.54, 1.807) is 0 Å². The first-order valence-electron chi connectivity index (χ1n) is 11.6. The van der Waals surface area contributed by atoms with Gasteiger partial charge in [0.05, 0.1) is 0 Å². The summed E-state index contributed by atoms with van der Waals surface area (Å²) in [5.41, 5.74) is 6.55. The summed E-state index contributed by atoms with van der Waals surface area (Å²) in [6.07, 6.45) is 2.75. The minimum absolute atomic E-state index is 0.246. The SMILES string of the molecule is Cc1c(C2CC(=O)N(Cc3ccccc3)C2)n(CCCc2ccccc2)c2ccccc12. The maximum absolute atomic E-state index is 12.9. The highest BCUT2D eigenvalue weighted by Crippen LogP contribution is 2.36. The van der Waals surface area contributed by atoms with E-state index in [0.717, 1.165) is 25.9 Å². The minimum atomic E-state index is 0.246. The number of aryl methyl sites for hydroxylation is 3. The van der Waals surface area contributed by atoms with Gasteiger partial charge >= 0.3 is 0 Å². The van der Waals surface area contributed by atoms with Crippen molar-refractivity contribution in [3.63, 3.8) is 0 Å². The van der Waals surface area contributed by atoms with Gasteiger partial charge in [0, 0.05) is 48.6 Å². The molecule has 0 saturated carbocycles. The summed E-state index contributed by atoms with van der Waals surface area (Å²) >= 11 is 0. The molecular formula is C29H30N2O. The highest BCUT2D eigenvalue weighted by Gasteiger charge is 2.34. The number of carbonyl (C=O) groups excluding carboxylic acids is 1. The molecule has 1 aliphatic rings. The minimum Gasteiger partial charge on any atom is -0.344 e. The fraction of sp³-hybridized carbons (Fsp3) is 0.276. The van der Waals surface area contributed by atoms with Gasteiger partial charge in [0.2, 0.25) is 5.91 Å². The van der Waals surface area contributed by atoms with E-state index >= 15 is 0 Å². The van der Waals surface area contributed by atoms with Crippen LogP contribution in [0.1, 0.15) is 41.1 Å². The van der Waals surface area contributed by atoms with E-state index in [4.69, 9.17) is 0 Å². The second-order valence-corrected chi connectivity index (χ2v) is 8.93. The van der Waals surface area contributed by atoms with Gasteiger partial charge in [-0.05, 0) is 42.5 Å². The van der Waals surface area contributed by atoms with Gasteiger partial charge in [-0.15, -0.1) is 0 Å². The Morgan fingerprint density at radius 1 is 0.844 bits per heavy atom. The first kappa shape index (κ1) is 20.6. The molecule has 0 N–H and O–H groups in total. The second kappa shape index (κ2) is 9.04. The zero-order valence-corrected chi connectivity index (χ0v) is 18.7. The van der Waals surface area contributed by atoms with Crippen LogP contribution in [-0.4, -0.2) is 21.9 Å². The van der Waals surface area contributed by atoms with Gasteiger partial charge in [0.15, 0.2) is 0 Å². The molecule has 1 atom stereocenters. The second-order valence-electron chi connectivity index (χ2n) is 8.93. The lowest BCUT2D eigenvalue weighted by atomic mass is 9.99. The summed E-state index contributed by atoms with van der Waals surface area (Å²) in [5, 5.41) is 1.32. The highest BCUT2D eigenvalue weighted by atomic mass is 16.2. The molecule has 3 aromatic carbocycles. The Bertz CT molecular complexity index is 1210. The number of para-hydroxylation sites is 1. The topological polar surface area (TPSA) is 25.2 Å². The molecule has 32 heavy (non-hydrogen) atoms. The molecule has 1 amide bonds. The predicted molar refractivity (Wildman–Crippen MR) is 131 cm³/mol. The Kier molecular flexibility index (Phi) is 5.81. The van der Waals surface area contributed by atoms with E-state index in [9.17, 15) is 4.79 Å². The molecule has 162 valence electrons. The van der Waals surface area contributed by atoms with Crippen LogP contribution in [0.2, 0.25) is 0 Å². The third kappa shape index (κ3) is 4.08. The first-order valence-corrected chi connectivity index (χ1v) is 11.6. The van der Waals surface area contributed by atoms with Gasteiger partial charge in [-0.3, -0.25) is 4.79 Å². The molecule has 1 aromatic heterocycles. The number of amides is 1. The molecule has 1 fully saturated rings. The number of hydrogen-bond donors (Lipinski definition) is 0. The number of nitrogens with zero attached hydrogens (tertiary/aromatic N) is 2. The zero-order chi connectivity index (χ0) is 21.9. The lowest BCUT2D eigenvalue weighted by Crippen LogP contribution is -2.24. The smallest absolute Gasteiger partial charge is 0.223 e. The molecule has 4 aromatic rings. The average Bonchev–Trinajstić information content (AvgIpc) is 3.32. The van der Waals surface area contributed by atoms with E-state index in [1.165, 1.54) is 33.3 Å². The maximum Gasteiger partial charge on any atom is 0.223 e. The van der Waals surface area contributed by atoms with E-state index in [-0.39, 0.29) is 11.8 Å². The van der Waals surface area contributed by atoms with Gasteiger partial charge in [-0.1, -0.05) is 78.9 Å². The Morgan fingerprint density at radius 2 is 1.50 bits per heavy atom. The number of likely N-dealkylation sites (tertiary alicyclic amines) is 1. The van der Waals surface area contributed by atoms with Crippen molar-refractivity contribution in [3.05, 3.63) is 107 Å². The molecule has 1 aliphatic heterocycles. The Morgan fingerprint density at radius 3 is 2.25 bits per heavy atom. The summed E-state index contributed by atoms with van der Waals surface area (Å²) in [4.78, 5) is 14.9. The number of rotatable bonds is 7. The molecule has 1 unspecified atom stereocenters. The van der Waals surface area contributed by atoms with Crippen molar-refractivity contribution in [2.24, 2.45) is 0 Å². The number of aromatic nitrogens is 1. The highest BCUT2D eigenvalue weighted by molar-refractivity contribution is 5.87. The van der Waals surface area contributed by atoms with Crippen molar-refractivity contribution in [3.8, 4) is 0 Å². The molecule has 2 heterocycles. The molecule has 5 rings (SSSR count). The molecule has 0 spiro atoms. The van der Waals surface area contributed by atoms with Crippen molar-refractivity contribution in [1.82, 2.24) is 9.47 Å². The lowest BCUT2D eigenvalue weighted by molar-refractivity contribution is -0.128. The van der Waals surface area contributed by atoms with Crippen LogP contribution < -0.4 is 0 Å². The Hall–Kier alpha value is -3.33. The Balaban J connectivity index is 1.41. The van der Waals surface area contributed by atoms with Crippen LogP contribution in [0.25, 0.3) is 10.9 Å². The summed E-state index contributed by atoms with van der Waals surface area (Å²) in [6, 6.07) is 29.7. The lowest BCUT2D eigenvalue weighted by Gasteiger charge is -2.19. The Labute approximate surface area is 190 Å². The molecule has 0 aliphatic carbocycles. The van der Waals surface area contributed by atoms with Gasteiger partial charge in [0.1, 0.15) is 0 Å². The zero-order valence-electron chi connectivity index (χ0n) is 18.7. The summed E-state index contributed by atoms with van der Waals surface area (Å²) in [5.74, 6) is 0.509. The van der Waals surface area contributed by atoms with E-state index in [1.807, 2.05) is 23.1 Å². The quantitative estimate of drug-likeness (QED) is 0.353. The van der Waals surface area contributed by atoms with Crippen LogP contribution in [0, 0.1) is 6.92 Å². The van der Waals surface area contributed by atoms with Crippen molar-refractivity contribution in [1.29, 1.82) is 0 Å².